The number of halogens is 1. The van der Waals surface area contributed by atoms with Crippen molar-refractivity contribution < 1.29 is 22.8 Å². The SMILES string of the molecule is CN1[NH2+]OC(N)=C1c1ccccc1.[Cl-]. The molecule has 5 heteroatoms. The summed E-state index contributed by atoms with van der Waals surface area (Å²) in [6, 6.07) is 9.92. The van der Waals surface area contributed by atoms with E-state index in [0.29, 0.717) is 5.88 Å². The van der Waals surface area contributed by atoms with E-state index >= 15 is 0 Å². The molecule has 0 saturated heterocycles. The topological polar surface area (TPSA) is 55.1 Å². The number of hydrogen-bond donors (Lipinski definition) is 2. The van der Waals surface area contributed by atoms with Gasteiger partial charge in [0.2, 0.25) is 0 Å². The first kappa shape index (κ1) is 10.7. The maximum atomic E-state index is 5.69. The van der Waals surface area contributed by atoms with Gasteiger partial charge in [-0.05, 0) is 0 Å². The second-order valence-electron chi connectivity index (χ2n) is 2.91. The first-order valence-electron chi connectivity index (χ1n) is 4.07. The van der Waals surface area contributed by atoms with Gasteiger partial charge in [0.25, 0.3) is 5.88 Å². The summed E-state index contributed by atoms with van der Waals surface area (Å²) in [4.78, 5) is 5.09. The van der Waals surface area contributed by atoms with Gasteiger partial charge in [0.1, 0.15) is 0 Å². The number of nitrogens with zero attached hydrogens (tertiary/aromatic N) is 1. The Hall–Kier alpha value is -1.39. The van der Waals surface area contributed by atoms with Gasteiger partial charge >= 0.3 is 0 Å². The van der Waals surface area contributed by atoms with Gasteiger partial charge < -0.3 is 18.1 Å². The van der Waals surface area contributed by atoms with Gasteiger partial charge in [-0.25, -0.2) is 0 Å². The van der Waals surface area contributed by atoms with E-state index in [1.165, 1.54) is 0 Å². The lowest BCUT2D eigenvalue weighted by molar-refractivity contribution is -0.966. The molecule has 14 heavy (non-hydrogen) atoms. The van der Waals surface area contributed by atoms with E-state index in [-0.39, 0.29) is 12.4 Å². The maximum Gasteiger partial charge on any atom is 0.286 e. The van der Waals surface area contributed by atoms with Crippen LogP contribution in [0, 0.1) is 0 Å². The molecule has 1 aromatic rings. The van der Waals surface area contributed by atoms with Gasteiger partial charge in [0, 0.05) is 5.56 Å². The molecule has 1 heterocycles. The van der Waals surface area contributed by atoms with Crippen LogP contribution >= 0.6 is 0 Å². The van der Waals surface area contributed by atoms with Gasteiger partial charge in [-0.1, -0.05) is 35.9 Å². The third-order valence-corrected chi connectivity index (χ3v) is 1.97. The summed E-state index contributed by atoms with van der Waals surface area (Å²) >= 11 is 0. The smallest absolute Gasteiger partial charge is 0.286 e. The largest absolute Gasteiger partial charge is 1.00 e. The number of hydrogen-bond acceptors (Lipinski definition) is 3. The summed E-state index contributed by atoms with van der Waals surface area (Å²) in [5, 5.41) is 1.87. The predicted octanol–water partition coefficient (Wildman–Crippen LogP) is -3.37. The number of nitrogens with two attached hydrogens (primary N) is 2. The Kier molecular flexibility index (Phi) is 3.22. The molecule has 76 valence electrons. The Morgan fingerprint density at radius 1 is 1.29 bits per heavy atom. The lowest BCUT2D eigenvalue weighted by Gasteiger charge is -2.07. The van der Waals surface area contributed by atoms with Gasteiger partial charge in [0.15, 0.2) is 5.70 Å². The average molecular weight is 214 g/mol. The van der Waals surface area contributed by atoms with Crippen molar-refractivity contribution >= 4 is 5.70 Å². The Bertz CT molecular complexity index is 339. The van der Waals surface area contributed by atoms with Gasteiger partial charge in [-0.3, -0.25) is 4.84 Å². The van der Waals surface area contributed by atoms with Crippen molar-refractivity contribution in [2.45, 2.75) is 0 Å². The molecule has 0 unspecified atom stereocenters. The highest BCUT2D eigenvalue weighted by Gasteiger charge is 2.24. The minimum absolute atomic E-state index is 0. The van der Waals surface area contributed by atoms with Crippen molar-refractivity contribution in [1.82, 2.24) is 5.01 Å². The molecule has 4 nitrogen and oxygen atoms in total. The van der Waals surface area contributed by atoms with Gasteiger partial charge in [0.05, 0.1) is 7.05 Å². The van der Waals surface area contributed by atoms with Crippen LogP contribution < -0.4 is 23.7 Å². The molecule has 0 atom stereocenters. The summed E-state index contributed by atoms with van der Waals surface area (Å²) in [6.07, 6.45) is 0. The molecule has 0 saturated carbocycles. The highest BCUT2D eigenvalue weighted by molar-refractivity contribution is 5.64. The third kappa shape index (κ3) is 1.76. The third-order valence-electron chi connectivity index (χ3n) is 1.97. The fraction of sp³-hybridized carbons (Fsp3) is 0.111. The first-order chi connectivity index (χ1) is 6.29. The molecule has 0 aliphatic carbocycles. The second-order valence-corrected chi connectivity index (χ2v) is 2.91. The molecule has 0 bridgehead atoms. The second kappa shape index (κ2) is 4.21. The van der Waals surface area contributed by atoms with Crippen molar-refractivity contribution in [3.05, 3.63) is 41.8 Å². The van der Waals surface area contributed by atoms with E-state index < -0.39 is 0 Å². The van der Waals surface area contributed by atoms with E-state index in [0.717, 1.165) is 11.3 Å². The molecule has 1 aromatic carbocycles. The molecule has 2 rings (SSSR count). The standard InChI is InChI=1S/C9H11N3O.ClH/c1-12-8(9(10)13-11-12)7-5-3-2-4-6-7;/h2-6,11H,10H2,1H3;1H. The van der Waals surface area contributed by atoms with Crippen molar-refractivity contribution in [2.24, 2.45) is 5.73 Å². The van der Waals surface area contributed by atoms with Crippen LogP contribution in [0.5, 0.6) is 0 Å². The quantitative estimate of drug-likeness (QED) is 0.479. The highest BCUT2D eigenvalue weighted by atomic mass is 35.5. The summed E-state index contributed by atoms with van der Waals surface area (Å²) in [7, 11) is 1.90. The van der Waals surface area contributed by atoms with Crippen LogP contribution in [0.2, 0.25) is 0 Å². The summed E-state index contributed by atoms with van der Waals surface area (Å²) in [5.74, 6) is 0.453. The zero-order chi connectivity index (χ0) is 9.26. The number of quaternary nitrogens is 1. The average Bonchev–Trinajstić information content (AvgIpc) is 2.48. The fourth-order valence-corrected chi connectivity index (χ4v) is 1.36. The molecule has 0 fully saturated rings. The molecule has 1 aliphatic rings. The minimum Gasteiger partial charge on any atom is -1.00 e. The Labute approximate surface area is 88.7 Å². The van der Waals surface area contributed by atoms with Crippen LogP contribution in [0.15, 0.2) is 36.2 Å². The van der Waals surface area contributed by atoms with Crippen molar-refractivity contribution in [2.75, 3.05) is 7.05 Å². The number of rotatable bonds is 1. The van der Waals surface area contributed by atoms with Crippen LogP contribution in [0.1, 0.15) is 5.56 Å². The van der Waals surface area contributed by atoms with E-state index in [9.17, 15) is 0 Å². The van der Waals surface area contributed by atoms with Crippen LogP contribution in [-0.4, -0.2) is 12.1 Å². The van der Waals surface area contributed by atoms with E-state index in [4.69, 9.17) is 10.6 Å². The number of benzene rings is 1. The van der Waals surface area contributed by atoms with E-state index in [1.807, 2.05) is 42.4 Å². The van der Waals surface area contributed by atoms with E-state index in [2.05, 4.69) is 0 Å². The fourth-order valence-electron chi connectivity index (χ4n) is 1.36. The lowest BCUT2D eigenvalue weighted by Crippen LogP contribution is -3.00. The molecule has 0 spiro atoms. The Morgan fingerprint density at radius 3 is 2.43 bits per heavy atom. The molecule has 1 aliphatic heterocycles. The molecule has 0 radical (unpaired) electrons. The maximum absolute atomic E-state index is 5.69. The predicted molar refractivity (Wildman–Crippen MR) is 48.3 cm³/mol. The van der Waals surface area contributed by atoms with Gasteiger partial charge in [-0.2, -0.15) is 5.01 Å². The summed E-state index contributed by atoms with van der Waals surface area (Å²) in [5.41, 5.74) is 9.26. The minimum atomic E-state index is 0. The molecule has 0 amide bonds. The Balaban J connectivity index is 0.000000980. The van der Waals surface area contributed by atoms with Crippen molar-refractivity contribution in [1.29, 1.82) is 0 Å². The van der Waals surface area contributed by atoms with Crippen LogP contribution in [0.4, 0.5) is 0 Å². The lowest BCUT2D eigenvalue weighted by atomic mass is 10.1. The summed E-state index contributed by atoms with van der Waals surface area (Å²) in [6.45, 7) is 0. The van der Waals surface area contributed by atoms with Crippen molar-refractivity contribution in [3.8, 4) is 0 Å². The van der Waals surface area contributed by atoms with Crippen LogP contribution in [0.3, 0.4) is 0 Å². The molecular weight excluding hydrogens is 202 g/mol. The highest BCUT2D eigenvalue weighted by Crippen LogP contribution is 2.18. The molecular formula is C9H12ClN3O. The Morgan fingerprint density at radius 2 is 1.93 bits per heavy atom. The normalized spacial score (nSPS) is 15.1. The zero-order valence-corrected chi connectivity index (χ0v) is 8.53. The van der Waals surface area contributed by atoms with Crippen molar-refractivity contribution in [3.63, 3.8) is 0 Å². The van der Waals surface area contributed by atoms with Gasteiger partial charge in [-0.15, -0.1) is 0 Å². The first-order valence-corrected chi connectivity index (χ1v) is 4.07. The zero-order valence-electron chi connectivity index (χ0n) is 7.77. The molecule has 0 aromatic heterocycles. The monoisotopic (exact) mass is 213 g/mol. The molecule has 4 N–H and O–H groups in total. The van der Waals surface area contributed by atoms with Crippen LogP contribution in [0.25, 0.3) is 5.70 Å². The van der Waals surface area contributed by atoms with Crippen LogP contribution in [-0.2, 0) is 4.84 Å². The van der Waals surface area contributed by atoms with E-state index in [1.54, 1.807) is 5.59 Å². The summed E-state index contributed by atoms with van der Waals surface area (Å²) < 4.78 is 0.